The van der Waals surface area contributed by atoms with E-state index in [1.807, 2.05) is 81.4 Å². The quantitative estimate of drug-likeness (QED) is 0.312. The second-order valence-corrected chi connectivity index (χ2v) is 8.47. The van der Waals surface area contributed by atoms with Gasteiger partial charge in [0.25, 0.3) is 5.91 Å². The third kappa shape index (κ3) is 5.15. The monoisotopic (exact) mass is 475 g/mol. The number of ether oxygens (including phenoxy) is 1. The second-order valence-electron chi connectivity index (χ2n) is 8.47. The van der Waals surface area contributed by atoms with Crippen molar-refractivity contribution in [2.24, 2.45) is 0 Å². The lowest BCUT2D eigenvalue weighted by Crippen LogP contribution is -2.11. The Hall–Kier alpha value is -4.78. The third-order valence-corrected chi connectivity index (χ3v) is 5.62. The third-order valence-electron chi connectivity index (χ3n) is 5.62. The van der Waals surface area contributed by atoms with Gasteiger partial charge in [-0.2, -0.15) is 10.1 Å². The standard InChI is InChI=1S/C29H25N5O2/c1-19-17-20(2)34(33-19)27-18-28(31-21(3)30-27)36-26-15-13-25(14-16-26)32-29(35)24-11-9-23(10-12-24)22-7-5-4-6-8-22/h4-18H,1-3H3,(H,32,35). The van der Waals surface area contributed by atoms with Gasteiger partial charge in [0.05, 0.1) is 5.69 Å². The number of rotatable bonds is 6. The Bertz CT molecular complexity index is 1510. The molecule has 0 bridgehead atoms. The fraction of sp³-hybridized carbons (Fsp3) is 0.103. The Morgan fingerprint density at radius 2 is 1.50 bits per heavy atom. The number of nitrogens with zero attached hydrogens (tertiary/aromatic N) is 4. The first-order valence-electron chi connectivity index (χ1n) is 11.6. The van der Waals surface area contributed by atoms with Crippen molar-refractivity contribution in [3.8, 4) is 28.6 Å². The van der Waals surface area contributed by atoms with Crippen molar-refractivity contribution in [1.29, 1.82) is 0 Å². The van der Waals surface area contributed by atoms with Gasteiger partial charge in [-0.1, -0.05) is 42.5 Å². The average Bonchev–Trinajstić information content (AvgIpc) is 3.23. The zero-order valence-electron chi connectivity index (χ0n) is 20.3. The molecule has 0 atom stereocenters. The van der Waals surface area contributed by atoms with Gasteiger partial charge in [-0.05, 0) is 74.4 Å². The Balaban J connectivity index is 1.26. The van der Waals surface area contributed by atoms with Gasteiger partial charge < -0.3 is 10.1 Å². The minimum Gasteiger partial charge on any atom is -0.439 e. The molecule has 0 aliphatic rings. The number of nitrogens with one attached hydrogen (secondary N) is 1. The summed E-state index contributed by atoms with van der Waals surface area (Å²) in [6, 6.07) is 28.5. The maximum atomic E-state index is 12.7. The Morgan fingerprint density at radius 3 is 2.17 bits per heavy atom. The van der Waals surface area contributed by atoms with Crippen LogP contribution >= 0.6 is 0 Å². The Labute approximate surface area is 209 Å². The SMILES string of the molecule is Cc1cc(C)n(-c2cc(Oc3ccc(NC(=O)c4ccc(-c5ccccc5)cc4)cc3)nc(C)n2)n1. The molecule has 0 aliphatic heterocycles. The summed E-state index contributed by atoms with van der Waals surface area (Å²) >= 11 is 0. The zero-order chi connectivity index (χ0) is 25.1. The van der Waals surface area contributed by atoms with Gasteiger partial charge in [0.2, 0.25) is 5.88 Å². The smallest absolute Gasteiger partial charge is 0.255 e. The lowest BCUT2D eigenvalue weighted by atomic mass is 10.0. The summed E-state index contributed by atoms with van der Waals surface area (Å²) in [5.74, 6) is 2.06. The number of carbonyl (C=O) groups excluding carboxylic acids is 1. The van der Waals surface area contributed by atoms with Crippen molar-refractivity contribution in [3.05, 3.63) is 114 Å². The maximum absolute atomic E-state index is 12.7. The molecule has 1 N–H and O–H groups in total. The summed E-state index contributed by atoms with van der Waals surface area (Å²) in [7, 11) is 0. The lowest BCUT2D eigenvalue weighted by Gasteiger charge is -2.10. The molecule has 3 aromatic carbocycles. The molecule has 0 spiro atoms. The first-order chi connectivity index (χ1) is 17.4. The number of aromatic nitrogens is 4. The molecule has 0 saturated carbocycles. The molecule has 7 nitrogen and oxygen atoms in total. The fourth-order valence-electron chi connectivity index (χ4n) is 3.92. The highest BCUT2D eigenvalue weighted by atomic mass is 16.5. The van der Waals surface area contributed by atoms with E-state index in [4.69, 9.17) is 4.74 Å². The van der Waals surface area contributed by atoms with E-state index in [1.54, 1.807) is 35.0 Å². The van der Waals surface area contributed by atoms with Crippen LogP contribution in [-0.2, 0) is 0 Å². The van der Waals surface area contributed by atoms with Crippen LogP contribution in [0.4, 0.5) is 5.69 Å². The topological polar surface area (TPSA) is 81.9 Å². The first-order valence-corrected chi connectivity index (χ1v) is 11.6. The van der Waals surface area contributed by atoms with Crippen molar-refractivity contribution in [1.82, 2.24) is 19.7 Å². The van der Waals surface area contributed by atoms with Gasteiger partial charge in [0.15, 0.2) is 5.82 Å². The predicted octanol–water partition coefficient (Wildman–Crippen LogP) is 6.30. The normalized spacial score (nSPS) is 10.8. The number of aryl methyl sites for hydroxylation is 3. The van der Waals surface area contributed by atoms with E-state index >= 15 is 0 Å². The van der Waals surface area contributed by atoms with Crippen LogP contribution in [0, 0.1) is 20.8 Å². The Morgan fingerprint density at radius 1 is 0.806 bits per heavy atom. The first kappa shape index (κ1) is 23.0. The molecule has 36 heavy (non-hydrogen) atoms. The number of hydrogen-bond donors (Lipinski definition) is 1. The molecule has 178 valence electrons. The summed E-state index contributed by atoms with van der Waals surface area (Å²) in [6.07, 6.45) is 0. The average molecular weight is 476 g/mol. The molecule has 7 heteroatoms. The number of carbonyl (C=O) groups is 1. The summed E-state index contributed by atoms with van der Waals surface area (Å²) in [5.41, 5.74) is 5.32. The van der Waals surface area contributed by atoms with Gasteiger partial charge in [0.1, 0.15) is 11.6 Å². The van der Waals surface area contributed by atoms with Gasteiger partial charge >= 0.3 is 0 Å². The predicted molar refractivity (Wildman–Crippen MR) is 140 cm³/mol. The summed E-state index contributed by atoms with van der Waals surface area (Å²) in [6.45, 7) is 5.73. The van der Waals surface area contributed by atoms with Crippen LogP contribution < -0.4 is 10.1 Å². The van der Waals surface area contributed by atoms with Crippen molar-refractivity contribution in [2.75, 3.05) is 5.32 Å². The van der Waals surface area contributed by atoms with Crippen molar-refractivity contribution >= 4 is 11.6 Å². The molecule has 2 heterocycles. The largest absolute Gasteiger partial charge is 0.439 e. The van der Waals surface area contributed by atoms with Crippen molar-refractivity contribution in [2.45, 2.75) is 20.8 Å². The van der Waals surface area contributed by atoms with Crippen LogP contribution in [0.2, 0.25) is 0 Å². The van der Waals surface area contributed by atoms with Gasteiger partial charge in [-0.25, -0.2) is 9.67 Å². The van der Waals surface area contributed by atoms with Gasteiger partial charge in [-0.15, -0.1) is 0 Å². The molecule has 2 aromatic heterocycles. The van der Waals surface area contributed by atoms with E-state index in [-0.39, 0.29) is 5.91 Å². The number of amides is 1. The number of benzene rings is 3. The molecule has 0 unspecified atom stereocenters. The van der Waals surface area contributed by atoms with Crippen LogP contribution in [-0.4, -0.2) is 25.7 Å². The summed E-state index contributed by atoms with van der Waals surface area (Å²) in [4.78, 5) is 21.6. The molecule has 1 amide bonds. The minimum absolute atomic E-state index is 0.177. The minimum atomic E-state index is -0.177. The van der Waals surface area contributed by atoms with Crippen LogP contribution in [0.25, 0.3) is 16.9 Å². The highest BCUT2D eigenvalue weighted by Gasteiger charge is 2.11. The van der Waals surface area contributed by atoms with E-state index < -0.39 is 0 Å². The zero-order valence-corrected chi connectivity index (χ0v) is 20.3. The van der Waals surface area contributed by atoms with Crippen molar-refractivity contribution < 1.29 is 9.53 Å². The molecular weight excluding hydrogens is 450 g/mol. The lowest BCUT2D eigenvalue weighted by molar-refractivity contribution is 0.102. The molecular formula is C29H25N5O2. The summed E-state index contributed by atoms with van der Waals surface area (Å²) in [5, 5.41) is 7.41. The Kier molecular flexibility index (Phi) is 6.28. The molecule has 0 aliphatic carbocycles. The van der Waals surface area contributed by atoms with Gasteiger partial charge in [-0.3, -0.25) is 4.79 Å². The van der Waals surface area contributed by atoms with Crippen LogP contribution in [0.5, 0.6) is 11.6 Å². The van der Waals surface area contributed by atoms with Crippen LogP contribution in [0.1, 0.15) is 27.6 Å². The molecule has 0 saturated heterocycles. The van der Waals surface area contributed by atoms with Gasteiger partial charge in [0, 0.05) is 23.0 Å². The van der Waals surface area contributed by atoms with E-state index in [0.717, 1.165) is 22.5 Å². The van der Waals surface area contributed by atoms with E-state index in [2.05, 4.69) is 20.4 Å². The maximum Gasteiger partial charge on any atom is 0.255 e. The van der Waals surface area contributed by atoms with E-state index in [1.165, 1.54) is 0 Å². The van der Waals surface area contributed by atoms with E-state index in [9.17, 15) is 4.79 Å². The highest BCUT2D eigenvalue weighted by Crippen LogP contribution is 2.24. The molecule has 0 fully saturated rings. The fourth-order valence-corrected chi connectivity index (χ4v) is 3.92. The molecule has 5 rings (SSSR count). The summed E-state index contributed by atoms with van der Waals surface area (Å²) < 4.78 is 7.73. The van der Waals surface area contributed by atoms with E-state index in [0.29, 0.717) is 34.5 Å². The highest BCUT2D eigenvalue weighted by molar-refractivity contribution is 6.04. The molecule has 5 aromatic rings. The number of anilines is 1. The second kappa shape index (κ2) is 9.84. The van der Waals surface area contributed by atoms with Crippen molar-refractivity contribution in [3.63, 3.8) is 0 Å². The molecule has 0 radical (unpaired) electrons. The van der Waals surface area contributed by atoms with Crippen LogP contribution in [0.15, 0.2) is 91.0 Å². The number of hydrogen-bond acceptors (Lipinski definition) is 5. The van der Waals surface area contributed by atoms with Crippen LogP contribution in [0.3, 0.4) is 0 Å².